The standard InChI is InChI=1S/C11H14N2O2/c1-11(2,12)10(15)13-9(14)8-6-4-3-5-7-8/h3-7H,12H2,1-2H3,(H,13,14,15). The molecule has 0 aliphatic carbocycles. The molecule has 0 bridgehead atoms. The van der Waals surface area contributed by atoms with Gasteiger partial charge in [-0.1, -0.05) is 18.2 Å². The molecule has 0 aliphatic rings. The highest BCUT2D eigenvalue weighted by atomic mass is 16.2. The largest absolute Gasteiger partial charge is 0.318 e. The highest BCUT2D eigenvalue weighted by molar-refractivity contribution is 6.06. The van der Waals surface area contributed by atoms with E-state index in [4.69, 9.17) is 5.73 Å². The van der Waals surface area contributed by atoms with E-state index >= 15 is 0 Å². The number of hydrogen-bond donors (Lipinski definition) is 2. The van der Waals surface area contributed by atoms with Crippen molar-refractivity contribution in [2.24, 2.45) is 5.73 Å². The maximum absolute atomic E-state index is 11.5. The molecule has 0 aromatic heterocycles. The van der Waals surface area contributed by atoms with Crippen LogP contribution in [0.1, 0.15) is 24.2 Å². The molecule has 1 aromatic rings. The number of carbonyl (C=O) groups excluding carboxylic acids is 2. The Morgan fingerprint density at radius 2 is 1.73 bits per heavy atom. The van der Waals surface area contributed by atoms with Crippen LogP contribution >= 0.6 is 0 Å². The first kappa shape index (κ1) is 11.4. The van der Waals surface area contributed by atoms with Gasteiger partial charge in [0, 0.05) is 5.56 Å². The zero-order chi connectivity index (χ0) is 11.5. The highest BCUT2D eigenvalue weighted by Gasteiger charge is 2.23. The number of nitrogens with one attached hydrogen (secondary N) is 1. The minimum absolute atomic E-state index is 0.431. The predicted octanol–water partition coefficient (Wildman–Crippen LogP) is 0.680. The molecule has 2 amide bonds. The van der Waals surface area contributed by atoms with Crippen LogP contribution in [0.3, 0.4) is 0 Å². The van der Waals surface area contributed by atoms with Gasteiger partial charge >= 0.3 is 0 Å². The molecule has 4 heteroatoms. The van der Waals surface area contributed by atoms with Gasteiger partial charge in [0.25, 0.3) is 5.91 Å². The van der Waals surface area contributed by atoms with Crippen LogP contribution in [-0.4, -0.2) is 17.4 Å². The summed E-state index contributed by atoms with van der Waals surface area (Å²) in [7, 11) is 0. The van der Waals surface area contributed by atoms with Crippen molar-refractivity contribution < 1.29 is 9.59 Å². The molecule has 80 valence electrons. The SMILES string of the molecule is CC(C)(N)C(=O)NC(=O)c1ccccc1. The fraction of sp³-hybridized carbons (Fsp3) is 0.273. The van der Waals surface area contributed by atoms with E-state index in [2.05, 4.69) is 5.32 Å². The highest BCUT2D eigenvalue weighted by Crippen LogP contribution is 2.00. The normalized spacial score (nSPS) is 10.9. The third kappa shape index (κ3) is 3.18. The van der Waals surface area contributed by atoms with E-state index in [0.717, 1.165) is 0 Å². The molecule has 15 heavy (non-hydrogen) atoms. The van der Waals surface area contributed by atoms with Gasteiger partial charge in [0.15, 0.2) is 0 Å². The topological polar surface area (TPSA) is 72.2 Å². The number of nitrogens with two attached hydrogens (primary N) is 1. The van der Waals surface area contributed by atoms with E-state index in [1.165, 1.54) is 0 Å². The smallest absolute Gasteiger partial charge is 0.257 e. The molecule has 0 atom stereocenters. The van der Waals surface area contributed by atoms with Crippen LogP contribution in [0.5, 0.6) is 0 Å². The quantitative estimate of drug-likeness (QED) is 0.747. The minimum Gasteiger partial charge on any atom is -0.318 e. The number of carbonyl (C=O) groups is 2. The molecule has 1 aromatic carbocycles. The monoisotopic (exact) mass is 206 g/mol. The van der Waals surface area contributed by atoms with Gasteiger partial charge in [-0.15, -0.1) is 0 Å². The number of hydrogen-bond acceptors (Lipinski definition) is 3. The van der Waals surface area contributed by atoms with E-state index in [9.17, 15) is 9.59 Å². The second-order valence-corrected chi connectivity index (χ2v) is 3.87. The Balaban J connectivity index is 2.70. The van der Waals surface area contributed by atoms with E-state index in [1.807, 2.05) is 0 Å². The van der Waals surface area contributed by atoms with Crippen LogP contribution in [0.25, 0.3) is 0 Å². The van der Waals surface area contributed by atoms with Gasteiger partial charge in [-0.05, 0) is 26.0 Å². The fourth-order valence-corrected chi connectivity index (χ4v) is 0.926. The lowest BCUT2D eigenvalue weighted by atomic mass is 10.1. The second-order valence-electron chi connectivity index (χ2n) is 3.87. The molecule has 4 nitrogen and oxygen atoms in total. The van der Waals surface area contributed by atoms with Crippen molar-refractivity contribution in [2.75, 3.05) is 0 Å². The Morgan fingerprint density at radius 1 is 1.20 bits per heavy atom. The average molecular weight is 206 g/mol. The molecule has 1 rings (SSSR count). The van der Waals surface area contributed by atoms with E-state index in [1.54, 1.807) is 44.2 Å². The Morgan fingerprint density at radius 3 is 2.20 bits per heavy atom. The number of imide groups is 1. The van der Waals surface area contributed by atoms with Crippen molar-refractivity contribution in [3.05, 3.63) is 35.9 Å². The van der Waals surface area contributed by atoms with Gasteiger partial charge in [0.2, 0.25) is 5.91 Å². The molecule has 0 spiro atoms. The van der Waals surface area contributed by atoms with Gasteiger partial charge in [0.05, 0.1) is 5.54 Å². The van der Waals surface area contributed by atoms with Crippen LogP contribution in [0.4, 0.5) is 0 Å². The van der Waals surface area contributed by atoms with Crippen molar-refractivity contribution >= 4 is 11.8 Å². The van der Waals surface area contributed by atoms with E-state index in [-0.39, 0.29) is 0 Å². The molecular weight excluding hydrogens is 192 g/mol. The lowest BCUT2D eigenvalue weighted by Crippen LogP contribution is -2.50. The van der Waals surface area contributed by atoms with Gasteiger partial charge < -0.3 is 5.73 Å². The molecule has 0 saturated heterocycles. The second kappa shape index (κ2) is 4.23. The molecule has 0 radical (unpaired) electrons. The maximum atomic E-state index is 11.5. The Labute approximate surface area is 88.5 Å². The van der Waals surface area contributed by atoms with Gasteiger partial charge in [-0.25, -0.2) is 0 Å². The summed E-state index contributed by atoms with van der Waals surface area (Å²) in [6, 6.07) is 8.52. The molecule has 0 aliphatic heterocycles. The molecule has 0 fully saturated rings. The number of amides is 2. The Bertz CT molecular complexity index is 366. The number of rotatable bonds is 2. The van der Waals surface area contributed by atoms with Gasteiger partial charge in [-0.3, -0.25) is 14.9 Å². The zero-order valence-electron chi connectivity index (χ0n) is 8.78. The van der Waals surface area contributed by atoms with Crippen LogP contribution in [-0.2, 0) is 4.79 Å². The predicted molar refractivity (Wildman–Crippen MR) is 57.2 cm³/mol. The van der Waals surface area contributed by atoms with E-state index < -0.39 is 17.4 Å². The summed E-state index contributed by atoms with van der Waals surface area (Å²) in [5.41, 5.74) is 4.93. The summed E-state index contributed by atoms with van der Waals surface area (Å²) in [6.07, 6.45) is 0. The van der Waals surface area contributed by atoms with Crippen LogP contribution in [0, 0.1) is 0 Å². The summed E-state index contributed by atoms with van der Waals surface area (Å²) >= 11 is 0. The van der Waals surface area contributed by atoms with Crippen molar-refractivity contribution in [3.8, 4) is 0 Å². The molecule has 0 heterocycles. The minimum atomic E-state index is -1.05. The summed E-state index contributed by atoms with van der Waals surface area (Å²) in [5.74, 6) is -0.921. The van der Waals surface area contributed by atoms with E-state index in [0.29, 0.717) is 5.56 Å². The van der Waals surface area contributed by atoms with Crippen molar-refractivity contribution in [1.29, 1.82) is 0 Å². The molecular formula is C11H14N2O2. The average Bonchev–Trinajstić information content (AvgIpc) is 2.17. The van der Waals surface area contributed by atoms with Crippen molar-refractivity contribution in [2.45, 2.75) is 19.4 Å². The third-order valence-electron chi connectivity index (χ3n) is 1.85. The van der Waals surface area contributed by atoms with Gasteiger partial charge in [0.1, 0.15) is 0 Å². The fourth-order valence-electron chi connectivity index (χ4n) is 0.926. The Hall–Kier alpha value is -1.68. The van der Waals surface area contributed by atoms with Crippen LogP contribution in [0.15, 0.2) is 30.3 Å². The van der Waals surface area contributed by atoms with Crippen LogP contribution < -0.4 is 11.1 Å². The maximum Gasteiger partial charge on any atom is 0.257 e. The first-order chi connectivity index (χ1) is 6.91. The summed E-state index contributed by atoms with van der Waals surface area (Å²) < 4.78 is 0. The van der Waals surface area contributed by atoms with Crippen molar-refractivity contribution in [1.82, 2.24) is 5.32 Å². The van der Waals surface area contributed by atoms with Gasteiger partial charge in [-0.2, -0.15) is 0 Å². The molecule has 0 saturated carbocycles. The third-order valence-corrected chi connectivity index (χ3v) is 1.85. The van der Waals surface area contributed by atoms with Crippen molar-refractivity contribution in [3.63, 3.8) is 0 Å². The Kier molecular flexibility index (Phi) is 3.21. The number of benzene rings is 1. The molecule has 3 N–H and O–H groups in total. The lowest BCUT2D eigenvalue weighted by molar-refractivity contribution is -0.124. The van der Waals surface area contributed by atoms with Crippen LogP contribution in [0.2, 0.25) is 0 Å². The first-order valence-electron chi connectivity index (χ1n) is 4.61. The molecule has 0 unspecified atom stereocenters. The lowest BCUT2D eigenvalue weighted by Gasteiger charge is -2.16. The summed E-state index contributed by atoms with van der Waals surface area (Å²) in [6.45, 7) is 3.08. The first-order valence-corrected chi connectivity index (χ1v) is 4.61. The summed E-state index contributed by atoms with van der Waals surface area (Å²) in [4.78, 5) is 22.9. The summed E-state index contributed by atoms with van der Waals surface area (Å²) in [5, 5.41) is 2.23. The zero-order valence-corrected chi connectivity index (χ0v) is 8.78.